The topological polar surface area (TPSA) is 23.8 Å². The molecule has 0 radical (unpaired) electrons. The molecule has 0 amide bonds. The Bertz CT molecular complexity index is 346. The van der Waals surface area contributed by atoms with Crippen LogP contribution in [0.1, 0.15) is 11.1 Å². The zero-order valence-electron chi connectivity index (χ0n) is 6.09. The molecule has 0 saturated carbocycles. The van der Waals surface area contributed by atoms with Crippen molar-refractivity contribution in [3.8, 4) is 6.07 Å². The predicted molar refractivity (Wildman–Crippen MR) is 41.4 cm³/mol. The minimum Gasteiger partial charge on any atom is -0.192 e. The molecule has 0 bridgehead atoms. The third-order valence-electron chi connectivity index (χ3n) is 1.35. The molecule has 0 unspecified atom stereocenters. The Morgan fingerprint density at radius 2 is 2.00 bits per heavy atom. The first-order chi connectivity index (χ1) is 5.74. The van der Waals surface area contributed by atoms with E-state index >= 15 is 0 Å². The summed E-state index contributed by atoms with van der Waals surface area (Å²) in [5, 5.41) is 8.51. The van der Waals surface area contributed by atoms with Gasteiger partial charge in [0, 0.05) is 6.08 Å². The van der Waals surface area contributed by atoms with E-state index in [2.05, 4.69) is 0 Å². The number of rotatable bonds is 1. The molecule has 1 nitrogen and oxygen atoms in total. The Kier molecular flexibility index (Phi) is 2.54. The summed E-state index contributed by atoms with van der Waals surface area (Å²) in [5.41, 5.74) is 0.505. The molecule has 1 aromatic carbocycles. The highest BCUT2D eigenvalue weighted by Gasteiger charge is 1.98. The second-order valence-electron chi connectivity index (χ2n) is 2.13. The van der Waals surface area contributed by atoms with E-state index in [1.165, 1.54) is 12.1 Å². The summed E-state index contributed by atoms with van der Waals surface area (Å²) < 4.78 is 23.6. The Hall–Kier alpha value is -1.69. The van der Waals surface area contributed by atoms with E-state index in [1.54, 1.807) is 12.1 Å². The molecular formula is C9H5F2N. The Balaban J connectivity index is 3.17. The highest BCUT2D eigenvalue weighted by molar-refractivity contribution is 5.58. The molecule has 0 saturated heterocycles. The zero-order chi connectivity index (χ0) is 8.97. The number of nitrogens with zero attached hydrogens (tertiary/aromatic N) is 1. The zero-order valence-corrected chi connectivity index (χ0v) is 6.09. The highest BCUT2D eigenvalue weighted by atomic mass is 19.3. The molecule has 0 aromatic heterocycles. The van der Waals surface area contributed by atoms with Gasteiger partial charge in [-0.3, -0.25) is 0 Å². The van der Waals surface area contributed by atoms with Crippen molar-refractivity contribution in [2.45, 2.75) is 0 Å². The second kappa shape index (κ2) is 3.63. The summed E-state index contributed by atoms with van der Waals surface area (Å²) in [6, 6.07) is 8.03. The number of halogens is 2. The maximum absolute atomic E-state index is 11.8. The molecule has 3 heteroatoms. The Labute approximate surface area is 68.6 Å². The van der Waals surface area contributed by atoms with E-state index in [-0.39, 0.29) is 11.1 Å². The molecule has 0 heterocycles. The molecule has 1 rings (SSSR count). The average Bonchev–Trinajstić information content (AvgIpc) is 2.04. The van der Waals surface area contributed by atoms with Gasteiger partial charge in [0.2, 0.25) is 0 Å². The lowest BCUT2D eigenvalue weighted by atomic mass is 10.1. The molecule has 0 atom stereocenters. The molecular weight excluding hydrogens is 160 g/mol. The predicted octanol–water partition coefficient (Wildman–Crippen LogP) is 2.80. The minimum absolute atomic E-state index is 0.250. The summed E-state index contributed by atoms with van der Waals surface area (Å²) in [5.74, 6) is 0. The normalized spacial score (nSPS) is 8.75. The van der Waals surface area contributed by atoms with Crippen LogP contribution in [0.4, 0.5) is 8.78 Å². The van der Waals surface area contributed by atoms with Crippen LogP contribution in [0.5, 0.6) is 0 Å². The highest BCUT2D eigenvalue weighted by Crippen LogP contribution is 2.12. The van der Waals surface area contributed by atoms with Crippen LogP contribution in [-0.4, -0.2) is 0 Å². The molecule has 0 fully saturated rings. The lowest BCUT2D eigenvalue weighted by Crippen LogP contribution is -1.79. The molecule has 1 aromatic rings. The third-order valence-corrected chi connectivity index (χ3v) is 1.35. The maximum Gasteiger partial charge on any atom is 0.270 e. The minimum atomic E-state index is -1.79. The fourth-order valence-electron chi connectivity index (χ4n) is 0.842. The third kappa shape index (κ3) is 1.89. The van der Waals surface area contributed by atoms with E-state index in [1.807, 2.05) is 6.07 Å². The van der Waals surface area contributed by atoms with Gasteiger partial charge in [0.05, 0.1) is 11.6 Å². The number of hydrogen-bond acceptors (Lipinski definition) is 1. The molecule has 0 N–H and O–H groups in total. The van der Waals surface area contributed by atoms with Gasteiger partial charge in [-0.05, 0) is 11.6 Å². The van der Waals surface area contributed by atoms with Crippen LogP contribution in [0, 0.1) is 11.3 Å². The largest absolute Gasteiger partial charge is 0.270 e. The summed E-state index contributed by atoms with van der Waals surface area (Å²) >= 11 is 0. The fourth-order valence-corrected chi connectivity index (χ4v) is 0.842. The molecule has 12 heavy (non-hydrogen) atoms. The van der Waals surface area contributed by atoms with Crippen molar-refractivity contribution in [1.29, 1.82) is 5.26 Å². The van der Waals surface area contributed by atoms with Crippen molar-refractivity contribution in [3.63, 3.8) is 0 Å². The number of hydrogen-bond donors (Lipinski definition) is 0. The van der Waals surface area contributed by atoms with Crippen molar-refractivity contribution in [3.05, 3.63) is 41.5 Å². The van der Waals surface area contributed by atoms with E-state index in [9.17, 15) is 8.78 Å². The molecule has 0 aliphatic carbocycles. The summed E-state index contributed by atoms with van der Waals surface area (Å²) in [7, 11) is 0. The quantitative estimate of drug-likeness (QED) is 0.627. The standard InChI is InChI=1S/C9H5F2N/c10-9(11)5-7-3-1-2-4-8(7)6-12/h1-5H. The van der Waals surface area contributed by atoms with Crippen molar-refractivity contribution >= 4 is 6.08 Å². The lowest BCUT2D eigenvalue weighted by Gasteiger charge is -1.93. The van der Waals surface area contributed by atoms with Crippen molar-refractivity contribution in [2.75, 3.05) is 0 Å². The van der Waals surface area contributed by atoms with Gasteiger partial charge >= 0.3 is 0 Å². The van der Waals surface area contributed by atoms with Gasteiger partial charge in [-0.1, -0.05) is 18.2 Å². The first-order valence-electron chi connectivity index (χ1n) is 3.26. The monoisotopic (exact) mass is 165 g/mol. The summed E-state index contributed by atoms with van der Waals surface area (Å²) in [4.78, 5) is 0. The van der Waals surface area contributed by atoms with Crippen LogP contribution in [0.25, 0.3) is 6.08 Å². The van der Waals surface area contributed by atoms with Crippen LogP contribution in [0.2, 0.25) is 0 Å². The molecule has 60 valence electrons. The molecule has 0 spiro atoms. The second-order valence-corrected chi connectivity index (χ2v) is 2.13. The smallest absolute Gasteiger partial charge is 0.192 e. The Morgan fingerprint density at radius 3 is 2.58 bits per heavy atom. The SMILES string of the molecule is N#Cc1ccccc1C=C(F)F. The van der Waals surface area contributed by atoms with Gasteiger partial charge in [-0.25, -0.2) is 0 Å². The molecule has 0 aliphatic heterocycles. The van der Waals surface area contributed by atoms with Crippen LogP contribution in [0.15, 0.2) is 30.3 Å². The first kappa shape index (κ1) is 8.41. The van der Waals surface area contributed by atoms with Crippen molar-refractivity contribution in [2.24, 2.45) is 0 Å². The summed E-state index contributed by atoms with van der Waals surface area (Å²) in [6.07, 6.45) is -1.11. The van der Waals surface area contributed by atoms with Gasteiger partial charge in [-0.15, -0.1) is 0 Å². The van der Waals surface area contributed by atoms with Crippen LogP contribution in [0.3, 0.4) is 0 Å². The van der Waals surface area contributed by atoms with Gasteiger partial charge < -0.3 is 0 Å². The number of nitriles is 1. The van der Waals surface area contributed by atoms with Crippen LogP contribution in [-0.2, 0) is 0 Å². The van der Waals surface area contributed by atoms with Crippen LogP contribution < -0.4 is 0 Å². The maximum atomic E-state index is 11.8. The van der Waals surface area contributed by atoms with Gasteiger partial charge in [0.15, 0.2) is 0 Å². The van der Waals surface area contributed by atoms with Gasteiger partial charge in [0.1, 0.15) is 0 Å². The van der Waals surface area contributed by atoms with Crippen molar-refractivity contribution in [1.82, 2.24) is 0 Å². The van der Waals surface area contributed by atoms with E-state index in [0.29, 0.717) is 6.08 Å². The number of benzene rings is 1. The van der Waals surface area contributed by atoms with E-state index in [4.69, 9.17) is 5.26 Å². The Morgan fingerprint density at radius 1 is 1.33 bits per heavy atom. The summed E-state index contributed by atoms with van der Waals surface area (Å²) in [6.45, 7) is 0. The van der Waals surface area contributed by atoms with Crippen molar-refractivity contribution < 1.29 is 8.78 Å². The van der Waals surface area contributed by atoms with E-state index in [0.717, 1.165) is 0 Å². The fraction of sp³-hybridized carbons (Fsp3) is 0. The van der Waals surface area contributed by atoms with Gasteiger partial charge in [-0.2, -0.15) is 14.0 Å². The average molecular weight is 165 g/mol. The first-order valence-corrected chi connectivity index (χ1v) is 3.26. The van der Waals surface area contributed by atoms with E-state index < -0.39 is 6.08 Å². The van der Waals surface area contributed by atoms with Gasteiger partial charge in [0.25, 0.3) is 6.08 Å². The van der Waals surface area contributed by atoms with Crippen LogP contribution >= 0.6 is 0 Å². The lowest BCUT2D eigenvalue weighted by molar-refractivity contribution is 0.429. The molecule has 0 aliphatic rings.